The second-order valence-electron chi connectivity index (χ2n) is 19.4. The van der Waals surface area contributed by atoms with Crippen LogP contribution < -0.4 is 15.6 Å². The molecule has 2 fully saturated rings. The number of ketones is 2. The Morgan fingerprint density at radius 3 is 1.51 bits per heavy atom. The molecule has 2 amide bonds. The van der Waals surface area contributed by atoms with Gasteiger partial charge >= 0.3 is 0 Å². The van der Waals surface area contributed by atoms with Gasteiger partial charge in [0.05, 0.1) is 22.2 Å². The molecule has 2 aromatic heterocycles. The molecule has 2 aliphatic heterocycles. The van der Waals surface area contributed by atoms with E-state index in [1.807, 2.05) is 58.0 Å². The zero-order chi connectivity index (χ0) is 51.3. The highest BCUT2D eigenvalue weighted by Crippen LogP contribution is 2.55. The maximum Gasteiger partial charge on any atom is 0.274 e. The van der Waals surface area contributed by atoms with Crippen molar-refractivity contribution in [1.82, 2.24) is 18.9 Å². The van der Waals surface area contributed by atoms with E-state index in [1.54, 1.807) is 14.4 Å². The van der Waals surface area contributed by atoms with Crippen LogP contribution in [0.1, 0.15) is 127 Å². The lowest BCUT2D eigenvalue weighted by Gasteiger charge is -2.40. The van der Waals surface area contributed by atoms with E-state index in [9.17, 15) is 61.6 Å². The number of aliphatic hydroxyl groups is 2. The van der Waals surface area contributed by atoms with Crippen molar-refractivity contribution in [3.8, 4) is 11.5 Å². The highest BCUT2D eigenvalue weighted by molar-refractivity contribution is 6.01. The topological polar surface area (TPSA) is 189 Å². The van der Waals surface area contributed by atoms with Gasteiger partial charge < -0.3 is 39.0 Å². The molecule has 0 unspecified atom stereocenters. The van der Waals surface area contributed by atoms with Crippen molar-refractivity contribution in [2.75, 3.05) is 26.3 Å². The largest absolute Gasteiger partial charge is 0.503 e. The molecule has 4 atom stereocenters. The lowest BCUT2D eigenvalue weighted by Crippen LogP contribution is -2.52. The molecule has 4 heterocycles. The molecule has 2 aliphatic carbocycles. The van der Waals surface area contributed by atoms with E-state index in [0.717, 1.165) is 29.8 Å². The second kappa shape index (κ2) is 22.9. The van der Waals surface area contributed by atoms with Crippen LogP contribution in [0.4, 0.5) is 17.6 Å². The van der Waals surface area contributed by atoms with Crippen molar-refractivity contribution < 1.29 is 56.8 Å². The number of hydrogen-bond acceptors (Lipinski definition) is 10. The van der Waals surface area contributed by atoms with Gasteiger partial charge in [-0.2, -0.15) is 0 Å². The van der Waals surface area contributed by atoms with E-state index < -0.39 is 68.4 Å². The Balaban J connectivity index is 0.000000268. The van der Waals surface area contributed by atoms with Crippen LogP contribution in [0, 0.1) is 35.1 Å². The number of halogens is 5. The number of nitrogens with zero attached hydrogens (tertiary/aromatic N) is 4. The summed E-state index contributed by atoms with van der Waals surface area (Å²) >= 11 is 0. The molecule has 0 radical (unpaired) electrons. The summed E-state index contributed by atoms with van der Waals surface area (Å²) in [5.74, 6) is -6.43. The van der Waals surface area contributed by atoms with Crippen molar-refractivity contribution in [2.24, 2.45) is 11.8 Å². The molecule has 74 heavy (non-hydrogen) atoms. The van der Waals surface area contributed by atoms with E-state index in [0.29, 0.717) is 25.9 Å². The van der Waals surface area contributed by atoms with Crippen LogP contribution in [0.15, 0.2) is 88.7 Å². The Labute approximate surface area is 432 Å². The zero-order valence-corrected chi connectivity index (χ0v) is 40.8. The number of aromatic hydroxyl groups is 1. The standard InChI is InChI=1S/C30H30F2N2O5.C23H24F2N2O5.2CH4.ClH/c1-18(2)33-17-30(13-21(30)15-35)34-14-23(25(36)11-9-20-8-10-22(31)12-24(20)32)27(37)28(26(34)29(33)38)39-16-19-6-4-3-5-7-19;1-12(2)26-11-23(8-14(23)10-28)27-9-16(20(30)21(31)19(27)22(26)32)18(29)6-4-13-3-5-15(24)7-17(13)25;;;/h3-8,10,12,14,18,21,35H,9,11,13,15-17H2,1-2H3;3,5,7,9,12,14,28,31H,4,6,8,10-11H2,1-2H3;2*1H4;1H/t21-,30-;14-,23-;;;/m00.../s1. The molecular formula is C55H63ClF4N4O10. The van der Waals surface area contributed by atoms with Crippen molar-refractivity contribution in [3.05, 3.63) is 162 Å². The minimum Gasteiger partial charge on any atom is -0.503 e. The number of Topliss-reactive ketones (excluding diaryl/α,β-unsaturated/α-hetero) is 2. The third-order valence-corrected chi connectivity index (χ3v) is 14.3. The van der Waals surface area contributed by atoms with Crippen molar-refractivity contribution in [2.45, 2.75) is 111 Å². The smallest absolute Gasteiger partial charge is 0.274 e. The summed E-state index contributed by atoms with van der Waals surface area (Å²) in [6.45, 7) is 7.78. The Morgan fingerprint density at radius 1 is 0.662 bits per heavy atom. The van der Waals surface area contributed by atoms with Crippen molar-refractivity contribution in [1.29, 1.82) is 0 Å². The average molecular weight is 1050 g/mol. The number of carbonyl (C=O) groups excluding carboxylic acids is 4. The predicted molar refractivity (Wildman–Crippen MR) is 271 cm³/mol. The van der Waals surface area contributed by atoms with Gasteiger partial charge in [-0.3, -0.25) is 28.8 Å². The van der Waals surface area contributed by atoms with Gasteiger partial charge in [0, 0.05) is 87.6 Å². The van der Waals surface area contributed by atoms with Gasteiger partial charge in [-0.15, -0.1) is 12.4 Å². The fourth-order valence-electron chi connectivity index (χ4n) is 9.95. The number of fused-ring (bicyclic) bond motifs is 4. The molecule has 0 saturated heterocycles. The molecular weight excluding hydrogens is 988 g/mol. The molecule has 3 aromatic carbocycles. The number of benzene rings is 3. The van der Waals surface area contributed by atoms with E-state index in [-0.39, 0.29) is 142 Å². The van der Waals surface area contributed by atoms with E-state index >= 15 is 0 Å². The molecule has 5 aromatic rings. The van der Waals surface area contributed by atoms with E-state index in [1.165, 1.54) is 29.1 Å². The number of carbonyl (C=O) groups is 4. The fourth-order valence-corrected chi connectivity index (χ4v) is 9.95. The number of rotatable bonds is 15. The first-order valence-corrected chi connectivity index (χ1v) is 23.5. The number of amides is 2. The summed E-state index contributed by atoms with van der Waals surface area (Å²) in [6, 6.07) is 15.0. The van der Waals surface area contributed by atoms with Crippen LogP contribution in [0.25, 0.3) is 0 Å². The predicted octanol–water partition coefficient (Wildman–Crippen LogP) is 8.01. The first kappa shape index (κ1) is 58.3. The monoisotopic (exact) mass is 1050 g/mol. The van der Waals surface area contributed by atoms with Gasteiger partial charge in [-0.05, 0) is 82.2 Å². The Morgan fingerprint density at radius 2 is 1.09 bits per heavy atom. The molecule has 4 aliphatic rings. The maximum atomic E-state index is 14.2. The number of aromatic nitrogens is 2. The van der Waals surface area contributed by atoms with Crippen molar-refractivity contribution in [3.63, 3.8) is 0 Å². The number of hydrogen-bond donors (Lipinski definition) is 3. The van der Waals surface area contributed by atoms with E-state index in [4.69, 9.17) is 4.74 Å². The van der Waals surface area contributed by atoms with Crippen LogP contribution >= 0.6 is 12.4 Å². The first-order chi connectivity index (χ1) is 33.8. The summed E-state index contributed by atoms with van der Waals surface area (Å²) in [5.41, 5.74) is -2.58. The van der Waals surface area contributed by atoms with Gasteiger partial charge in [0.1, 0.15) is 29.9 Å². The van der Waals surface area contributed by atoms with Gasteiger partial charge in [0.25, 0.3) is 11.8 Å². The molecule has 0 bridgehead atoms. The lowest BCUT2D eigenvalue weighted by molar-refractivity contribution is 0.0544. The zero-order valence-electron chi connectivity index (χ0n) is 40.0. The number of aliphatic hydroxyl groups excluding tert-OH is 2. The van der Waals surface area contributed by atoms with Crippen LogP contribution in [-0.4, -0.2) is 96.0 Å². The molecule has 398 valence electrons. The minimum atomic E-state index is -0.962. The van der Waals surface area contributed by atoms with Crippen LogP contribution in [-0.2, 0) is 30.5 Å². The molecule has 3 N–H and O–H groups in total. The van der Waals surface area contributed by atoms with Gasteiger partial charge in [-0.1, -0.05) is 57.3 Å². The van der Waals surface area contributed by atoms with Crippen LogP contribution in [0.5, 0.6) is 11.5 Å². The van der Waals surface area contributed by atoms with Crippen LogP contribution in [0.3, 0.4) is 0 Å². The van der Waals surface area contributed by atoms with Crippen molar-refractivity contribution >= 4 is 35.8 Å². The number of pyridine rings is 2. The van der Waals surface area contributed by atoms with E-state index in [2.05, 4.69) is 0 Å². The normalized spacial score (nSPS) is 19.9. The molecule has 14 nitrogen and oxygen atoms in total. The summed E-state index contributed by atoms with van der Waals surface area (Å²) in [7, 11) is 0. The SMILES string of the molecule is C.C.CC(C)N1C[C@]2(C[C@H]2CO)n2cc(C(=O)CCc3ccc(F)cc3F)c(=O)c(O)c2C1=O.CC(C)N1C[C@]2(C[C@H]2CO)n2cc(C(=O)CCc3ccc(F)cc3F)c(=O)c(OCc3ccccc3)c2C1=O.Cl. The minimum absolute atomic E-state index is 0. The Kier molecular flexibility index (Phi) is 18.0. The average Bonchev–Trinajstić information content (AvgIpc) is 4.25. The number of aryl methyl sites for hydroxylation is 2. The van der Waals surface area contributed by atoms with Gasteiger partial charge in [0.15, 0.2) is 34.5 Å². The molecule has 2 spiro atoms. The van der Waals surface area contributed by atoms with Gasteiger partial charge in [0.2, 0.25) is 10.9 Å². The molecule has 19 heteroatoms. The Hall–Kier alpha value is -6.63. The fraction of sp³-hybridized carbons (Fsp3) is 0.418. The summed E-state index contributed by atoms with van der Waals surface area (Å²) < 4.78 is 63.6. The lowest BCUT2D eigenvalue weighted by atomic mass is 9.99. The molecule has 9 rings (SSSR count). The number of ether oxygens (including phenoxy) is 1. The quantitative estimate of drug-likeness (QED) is 0.0685. The highest BCUT2D eigenvalue weighted by Gasteiger charge is 2.62. The first-order valence-electron chi connectivity index (χ1n) is 23.5. The Bertz CT molecular complexity index is 3080. The van der Waals surface area contributed by atoms with Gasteiger partial charge in [-0.25, -0.2) is 17.6 Å². The molecule has 2 saturated carbocycles. The summed E-state index contributed by atoms with van der Waals surface area (Å²) in [4.78, 5) is 82.6. The van der Waals surface area contributed by atoms with Crippen LogP contribution in [0.2, 0.25) is 0 Å². The maximum absolute atomic E-state index is 14.2. The third-order valence-electron chi connectivity index (χ3n) is 14.3. The highest BCUT2D eigenvalue weighted by atomic mass is 35.5. The third kappa shape index (κ3) is 10.8. The summed E-state index contributed by atoms with van der Waals surface area (Å²) in [6.07, 6.45) is 3.27. The summed E-state index contributed by atoms with van der Waals surface area (Å²) in [5, 5.41) is 30.4. The second-order valence-corrected chi connectivity index (χ2v) is 19.4.